The maximum Gasteiger partial charge on any atom is 0.248 e. The van der Waals surface area contributed by atoms with Crippen LogP contribution in [0.3, 0.4) is 0 Å². The van der Waals surface area contributed by atoms with E-state index in [2.05, 4.69) is 0 Å². The van der Waals surface area contributed by atoms with E-state index in [1.165, 1.54) is 0 Å². The molecule has 1 aliphatic heterocycles. The molecule has 4 nitrogen and oxygen atoms in total. The first-order chi connectivity index (χ1) is 5.49. The van der Waals surface area contributed by atoms with E-state index in [0.717, 1.165) is 0 Å². The van der Waals surface area contributed by atoms with Crippen molar-refractivity contribution in [3.63, 3.8) is 0 Å². The smallest absolute Gasteiger partial charge is 0.248 e. The summed E-state index contributed by atoms with van der Waals surface area (Å²) in [5.41, 5.74) is -0.812. The third kappa shape index (κ3) is 2.79. The van der Waals surface area contributed by atoms with Crippen molar-refractivity contribution < 1.29 is 14.6 Å². The van der Waals surface area contributed by atoms with E-state index in [1.54, 1.807) is 18.7 Å². The summed E-state index contributed by atoms with van der Waals surface area (Å²) < 4.78 is 4.95. The fraction of sp³-hybridized carbons (Fsp3) is 0.875. The Morgan fingerprint density at radius 1 is 1.67 bits per heavy atom. The van der Waals surface area contributed by atoms with Crippen LogP contribution in [0, 0.1) is 0 Å². The number of carbonyl (C=O) groups excluding carboxylic acids is 1. The molecule has 0 atom stereocenters. The van der Waals surface area contributed by atoms with Gasteiger partial charge in [0.15, 0.2) is 0 Å². The van der Waals surface area contributed by atoms with Gasteiger partial charge in [0.25, 0.3) is 0 Å². The molecule has 0 aromatic rings. The topological polar surface area (TPSA) is 49.8 Å². The summed E-state index contributed by atoms with van der Waals surface area (Å²) in [6.07, 6.45) is 0. The van der Waals surface area contributed by atoms with Gasteiger partial charge in [0.2, 0.25) is 5.91 Å². The predicted molar refractivity (Wildman–Crippen MR) is 43.7 cm³/mol. The molecule has 1 saturated heterocycles. The fourth-order valence-electron chi connectivity index (χ4n) is 1.18. The highest BCUT2D eigenvalue weighted by Gasteiger charge is 2.24. The highest BCUT2D eigenvalue weighted by Crippen LogP contribution is 2.07. The Morgan fingerprint density at radius 3 is 2.83 bits per heavy atom. The van der Waals surface area contributed by atoms with Gasteiger partial charge < -0.3 is 14.7 Å². The van der Waals surface area contributed by atoms with E-state index in [-0.39, 0.29) is 12.5 Å². The molecule has 0 aromatic carbocycles. The molecule has 0 spiro atoms. The van der Waals surface area contributed by atoms with Gasteiger partial charge in [0, 0.05) is 13.1 Å². The summed E-state index contributed by atoms with van der Waals surface area (Å²) in [6, 6.07) is 0. The van der Waals surface area contributed by atoms with Crippen LogP contribution in [0.5, 0.6) is 0 Å². The molecule has 4 heteroatoms. The minimum absolute atomic E-state index is 0.0385. The van der Waals surface area contributed by atoms with Gasteiger partial charge >= 0.3 is 0 Å². The molecule has 0 aliphatic carbocycles. The minimum atomic E-state index is -0.812. The van der Waals surface area contributed by atoms with Crippen LogP contribution in [0.2, 0.25) is 0 Å². The van der Waals surface area contributed by atoms with E-state index in [1.807, 2.05) is 0 Å². The second kappa shape index (κ2) is 3.41. The second-order valence-corrected chi connectivity index (χ2v) is 3.68. The Kier molecular flexibility index (Phi) is 2.69. The molecule has 1 N–H and O–H groups in total. The lowest BCUT2D eigenvalue weighted by molar-refractivity contribution is -0.146. The van der Waals surface area contributed by atoms with Gasteiger partial charge in [-0.15, -0.1) is 0 Å². The lowest BCUT2D eigenvalue weighted by Crippen LogP contribution is -2.48. The van der Waals surface area contributed by atoms with Gasteiger partial charge in [0.05, 0.1) is 12.2 Å². The molecule has 70 valence electrons. The van der Waals surface area contributed by atoms with E-state index < -0.39 is 5.60 Å². The number of hydrogen-bond donors (Lipinski definition) is 1. The van der Waals surface area contributed by atoms with Crippen molar-refractivity contribution in [3.05, 3.63) is 0 Å². The zero-order valence-electron chi connectivity index (χ0n) is 7.54. The molecule has 1 aliphatic rings. The summed E-state index contributed by atoms with van der Waals surface area (Å²) in [4.78, 5) is 12.8. The summed E-state index contributed by atoms with van der Waals surface area (Å²) in [6.45, 7) is 5.07. The average molecular weight is 173 g/mol. The van der Waals surface area contributed by atoms with E-state index >= 15 is 0 Å². The van der Waals surface area contributed by atoms with E-state index in [4.69, 9.17) is 4.74 Å². The number of β-amino-alcohol motifs (C(OH)–C–C–N with tert-alkyl or cyclic N) is 1. The Balaban J connectivity index is 2.45. The molecule has 0 radical (unpaired) electrons. The maximum absolute atomic E-state index is 11.2. The van der Waals surface area contributed by atoms with Crippen molar-refractivity contribution in [2.24, 2.45) is 0 Å². The van der Waals surface area contributed by atoms with Crippen molar-refractivity contribution in [2.45, 2.75) is 19.4 Å². The molecule has 1 heterocycles. The first-order valence-corrected chi connectivity index (χ1v) is 4.07. The highest BCUT2D eigenvalue weighted by molar-refractivity contribution is 5.78. The zero-order chi connectivity index (χ0) is 9.19. The second-order valence-electron chi connectivity index (χ2n) is 3.68. The number of morpholine rings is 1. The number of amides is 1. The van der Waals surface area contributed by atoms with Gasteiger partial charge in [-0.05, 0) is 13.8 Å². The van der Waals surface area contributed by atoms with Crippen LogP contribution >= 0.6 is 0 Å². The van der Waals surface area contributed by atoms with Crippen molar-refractivity contribution >= 4 is 5.91 Å². The molecular formula is C8H15NO3. The van der Waals surface area contributed by atoms with E-state index in [0.29, 0.717) is 19.7 Å². The van der Waals surface area contributed by atoms with Crippen molar-refractivity contribution in [1.82, 2.24) is 4.90 Å². The van der Waals surface area contributed by atoms with Crippen LogP contribution in [-0.2, 0) is 9.53 Å². The summed E-state index contributed by atoms with van der Waals surface area (Å²) in [7, 11) is 0. The molecule has 1 rings (SSSR count). The quantitative estimate of drug-likeness (QED) is 0.619. The molecule has 0 aromatic heterocycles. The van der Waals surface area contributed by atoms with Crippen molar-refractivity contribution in [2.75, 3.05) is 26.3 Å². The lowest BCUT2D eigenvalue weighted by atomic mass is 10.1. The average Bonchev–Trinajstić information content (AvgIpc) is 1.91. The number of ether oxygens (including phenoxy) is 1. The number of carbonyl (C=O) groups is 1. The van der Waals surface area contributed by atoms with Crippen LogP contribution in [0.4, 0.5) is 0 Å². The van der Waals surface area contributed by atoms with Crippen molar-refractivity contribution in [1.29, 1.82) is 0 Å². The van der Waals surface area contributed by atoms with Crippen LogP contribution in [0.15, 0.2) is 0 Å². The molecule has 0 saturated carbocycles. The van der Waals surface area contributed by atoms with Gasteiger partial charge in [-0.3, -0.25) is 4.79 Å². The van der Waals surface area contributed by atoms with Gasteiger partial charge in [-0.2, -0.15) is 0 Å². The van der Waals surface area contributed by atoms with Gasteiger partial charge in [-0.1, -0.05) is 0 Å². The predicted octanol–water partition coefficient (Wildman–Crippen LogP) is -0.384. The monoisotopic (exact) mass is 173 g/mol. The number of rotatable bonds is 2. The van der Waals surface area contributed by atoms with Crippen LogP contribution in [0.25, 0.3) is 0 Å². The molecule has 1 amide bonds. The third-order valence-electron chi connectivity index (χ3n) is 1.66. The van der Waals surface area contributed by atoms with Gasteiger partial charge in [0.1, 0.15) is 6.61 Å². The SMILES string of the molecule is CC(C)(O)CN1CCOCC1=O. The molecular weight excluding hydrogens is 158 g/mol. The summed E-state index contributed by atoms with van der Waals surface area (Å²) >= 11 is 0. The van der Waals surface area contributed by atoms with Crippen molar-refractivity contribution in [3.8, 4) is 0 Å². The third-order valence-corrected chi connectivity index (χ3v) is 1.66. The Bertz CT molecular complexity index is 174. The Morgan fingerprint density at radius 2 is 2.33 bits per heavy atom. The highest BCUT2D eigenvalue weighted by atomic mass is 16.5. The summed E-state index contributed by atoms with van der Waals surface area (Å²) in [5, 5.41) is 9.45. The number of hydrogen-bond acceptors (Lipinski definition) is 3. The molecule has 0 bridgehead atoms. The number of aliphatic hydroxyl groups is 1. The minimum Gasteiger partial charge on any atom is -0.389 e. The zero-order valence-corrected chi connectivity index (χ0v) is 7.54. The standard InChI is InChI=1S/C8H15NO3/c1-8(2,11)6-9-3-4-12-5-7(9)10/h11H,3-6H2,1-2H3. The van der Waals surface area contributed by atoms with Crippen LogP contribution in [-0.4, -0.2) is 47.8 Å². The molecule has 12 heavy (non-hydrogen) atoms. The lowest BCUT2D eigenvalue weighted by Gasteiger charge is -2.31. The first-order valence-electron chi connectivity index (χ1n) is 4.07. The normalized spacial score (nSPS) is 19.9. The largest absolute Gasteiger partial charge is 0.389 e. The first kappa shape index (κ1) is 9.48. The Hall–Kier alpha value is -0.610. The molecule has 0 unspecified atom stereocenters. The Labute approximate surface area is 72.1 Å². The summed E-state index contributed by atoms with van der Waals surface area (Å²) in [5.74, 6) is -0.0385. The van der Waals surface area contributed by atoms with Crippen LogP contribution < -0.4 is 0 Å². The number of nitrogens with zero attached hydrogens (tertiary/aromatic N) is 1. The van der Waals surface area contributed by atoms with Gasteiger partial charge in [-0.25, -0.2) is 0 Å². The molecule has 1 fully saturated rings. The van der Waals surface area contributed by atoms with Crippen LogP contribution in [0.1, 0.15) is 13.8 Å². The maximum atomic E-state index is 11.2. The van der Waals surface area contributed by atoms with E-state index in [9.17, 15) is 9.90 Å². The fourth-order valence-corrected chi connectivity index (χ4v) is 1.18.